The summed E-state index contributed by atoms with van der Waals surface area (Å²) < 4.78 is 5.15. The molecule has 6 heteroatoms. The molecule has 6 nitrogen and oxygen atoms in total. The van der Waals surface area contributed by atoms with Gasteiger partial charge >= 0.3 is 0 Å². The predicted molar refractivity (Wildman–Crippen MR) is 83.4 cm³/mol. The lowest BCUT2D eigenvalue weighted by Gasteiger charge is -2.04. The first-order chi connectivity index (χ1) is 10.6. The summed E-state index contributed by atoms with van der Waals surface area (Å²) in [6, 6.07) is 12.6. The number of carbonyl (C=O) groups excluding carboxylic acids is 2. The summed E-state index contributed by atoms with van der Waals surface area (Å²) in [4.78, 5) is 23.3. The summed E-state index contributed by atoms with van der Waals surface area (Å²) in [6.45, 7) is 1.72. The molecule has 0 aliphatic carbocycles. The van der Waals surface area contributed by atoms with Crippen LogP contribution in [0.3, 0.4) is 0 Å². The highest BCUT2D eigenvalue weighted by atomic mass is 16.3. The Bertz CT molecular complexity index is 649. The highest BCUT2D eigenvalue weighted by Crippen LogP contribution is 2.06. The molecule has 0 aliphatic heterocycles. The first-order valence-electron chi connectivity index (χ1n) is 6.87. The minimum atomic E-state index is -0.325. The third-order valence-electron chi connectivity index (χ3n) is 2.86. The van der Waals surface area contributed by atoms with Gasteiger partial charge in [0.05, 0.1) is 6.26 Å². The monoisotopic (exact) mass is 299 g/mol. The third-order valence-corrected chi connectivity index (χ3v) is 2.86. The van der Waals surface area contributed by atoms with Gasteiger partial charge < -0.3 is 9.73 Å². The lowest BCUT2D eigenvalue weighted by Crippen LogP contribution is -2.21. The average molecular weight is 299 g/mol. The van der Waals surface area contributed by atoms with Crippen LogP contribution in [0.4, 0.5) is 5.69 Å². The van der Waals surface area contributed by atoms with E-state index in [1.807, 2.05) is 18.2 Å². The average Bonchev–Trinajstić information content (AvgIpc) is 3.06. The highest BCUT2D eigenvalue weighted by Gasteiger charge is 2.07. The molecule has 0 spiro atoms. The van der Waals surface area contributed by atoms with Crippen LogP contribution in [-0.4, -0.2) is 17.5 Å². The maximum atomic E-state index is 11.7. The van der Waals surface area contributed by atoms with E-state index in [9.17, 15) is 9.59 Å². The van der Waals surface area contributed by atoms with Crippen molar-refractivity contribution in [1.82, 2.24) is 5.43 Å². The molecule has 2 aromatic rings. The zero-order valence-corrected chi connectivity index (χ0v) is 12.2. The smallest absolute Gasteiger partial charge is 0.240 e. The fraction of sp³-hybridized carbons (Fsp3) is 0.188. The van der Waals surface area contributed by atoms with Crippen molar-refractivity contribution >= 4 is 23.2 Å². The number of nitrogens with zero attached hydrogens (tertiary/aromatic N) is 1. The maximum Gasteiger partial charge on any atom is 0.240 e. The SMILES string of the molecule is C/C(=N\NC(=O)CCC(=O)Nc1ccccc1)c1ccco1. The second-order valence-electron chi connectivity index (χ2n) is 4.62. The molecule has 0 unspecified atom stereocenters. The molecule has 2 amide bonds. The van der Waals surface area contributed by atoms with Crippen LogP contribution in [-0.2, 0) is 9.59 Å². The van der Waals surface area contributed by atoms with E-state index in [2.05, 4.69) is 15.8 Å². The fourth-order valence-electron chi connectivity index (χ4n) is 1.71. The summed E-state index contributed by atoms with van der Waals surface area (Å²) in [5.74, 6) is 0.0457. The van der Waals surface area contributed by atoms with Gasteiger partial charge in [-0.25, -0.2) is 5.43 Å². The van der Waals surface area contributed by atoms with E-state index in [1.54, 1.807) is 31.2 Å². The Balaban J connectivity index is 1.73. The van der Waals surface area contributed by atoms with Gasteiger partial charge in [0.2, 0.25) is 11.8 Å². The zero-order chi connectivity index (χ0) is 15.8. The minimum Gasteiger partial charge on any atom is -0.463 e. The number of hydrazone groups is 1. The number of hydrogen-bond donors (Lipinski definition) is 2. The van der Waals surface area contributed by atoms with Gasteiger partial charge in [-0.3, -0.25) is 9.59 Å². The van der Waals surface area contributed by atoms with Gasteiger partial charge in [-0.15, -0.1) is 0 Å². The quantitative estimate of drug-likeness (QED) is 0.635. The minimum absolute atomic E-state index is 0.0631. The van der Waals surface area contributed by atoms with E-state index in [4.69, 9.17) is 4.42 Å². The summed E-state index contributed by atoms with van der Waals surface area (Å²) in [5.41, 5.74) is 3.67. The van der Waals surface area contributed by atoms with Crippen LogP contribution in [0, 0.1) is 0 Å². The van der Waals surface area contributed by atoms with Gasteiger partial charge in [-0.05, 0) is 31.2 Å². The number of furan rings is 1. The van der Waals surface area contributed by atoms with Gasteiger partial charge in [0.1, 0.15) is 11.5 Å². The van der Waals surface area contributed by atoms with E-state index in [1.165, 1.54) is 6.26 Å². The van der Waals surface area contributed by atoms with Gasteiger partial charge in [-0.1, -0.05) is 18.2 Å². The van der Waals surface area contributed by atoms with Gasteiger partial charge in [-0.2, -0.15) is 5.10 Å². The number of rotatable bonds is 6. The van der Waals surface area contributed by atoms with Crippen LogP contribution >= 0.6 is 0 Å². The lowest BCUT2D eigenvalue weighted by atomic mass is 10.2. The van der Waals surface area contributed by atoms with Crippen LogP contribution in [0.2, 0.25) is 0 Å². The molecular weight excluding hydrogens is 282 g/mol. The Morgan fingerprint density at radius 3 is 2.45 bits per heavy atom. The third kappa shape index (κ3) is 4.90. The molecule has 0 saturated carbocycles. The normalized spacial score (nSPS) is 11.0. The van der Waals surface area contributed by atoms with Crippen LogP contribution < -0.4 is 10.7 Å². The lowest BCUT2D eigenvalue weighted by molar-refractivity contribution is -0.124. The number of hydrogen-bond acceptors (Lipinski definition) is 4. The number of anilines is 1. The maximum absolute atomic E-state index is 11.7. The van der Waals surface area contributed by atoms with E-state index in [0.717, 1.165) is 0 Å². The van der Waals surface area contributed by atoms with Crippen molar-refractivity contribution in [2.75, 3.05) is 5.32 Å². The van der Waals surface area contributed by atoms with Crippen molar-refractivity contribution in [3.05, 3.63) is 54.5 Å². The Kier molecular flexibility index (Phi) is 5.48. The van der Waals surface area contributed by atoms with Crippen molar-refractivity contribution < 1.29 is 14.0 Å². The van der Waals surface area contributed by atoms with Crippen LogP contribution in [0.15, 0.2) is 58.2 Å². The van der Waals surface area contributed by atoms with Crippen LogP contribution in [0.1, 0.15) is 25.5 Å². The Morgan fingerprint density at radius 1 is 1.05 bits per heavy atom. The topological polar surface area (TPSA) is 83.7 Å². The molecule has 0 saturated heterocycles. The molecule has 0 radical (unpaired) electrons. The molecule has 2 rings (SSSR count). The molecular formula is C16H17N3O3. The van der Waals surface area contributed by atoms with Gasteiger partial charge in [0.25, 0.3) is 0 Å². The second kappa shape index (κ2) is 7.78. The standard InChI is InChI=1S/C16H17N3O3/c1-12(14-8-5-11-22-14)18-19-16(21)10-9-15(20)17-13-6-3-2-4-7-13/h2-8,11H,9-10H2,1H3,(H,17,20)(H,19,21)/b18-12+. The van der Waals surface area contributed by atoms with Crippen LogP contribution in [0.5, 0.6) is 0 Å². The Labute approximate surface area is 128 Å². The molecule has 1 heterocycles. The predicted octanol–water partition coefficient (Wildman–Crippen LogP) is 2.54. The molecule has 0 atom stereocenters. The van der Waals surface area contributed by atoms with E-state index >= 15 is 0 Å². The first-order valence-corrected chi connectivity index (χ1v) is 6.87. The number of nitrogens with one attached hydrogen (secondary N) is 2. The molecule has 0 bridgehead atoms. The number of amides is 2. The van der Waals surface area contributed by atoms with E-state index < -0.39 is 0 Å². The highest BCUT2D eigenvalue weighted by molar-refractivity contribution is 5.97. The molecule has 22 heavy (non-hydrogen) atoms. The van der Waals surface area contributed by atoms with Crippen molar-refractivity contribution in [2.45, 2.75) is 19.8 Å². The van der Waals surface area contributed by atoms with Crippen molar-refractivity contribution in [3.63, 3.8) is 0 Å². The molecule has 0 aliphatic rings. The molecule has 2 N–H and O–H groups in total. The number of carbonyl (C=O) groups is 2. The van der Waals surface area contributed by atoms with Crippen molar-refractivity contribution in [1.29, 1.82) is 0 Å². The van der Waals surface area contributed by atoms with Gasteiger partial charge in [0.15, 0.2) is 0 Å². The summed E-state index contributed by atoms with van der Waals surface area (Å²) in [6.07, 6.45) is 1.69. The Hall–Kier alpha value is -2.89. The molecule has 0 fully saturated rings. The summed E-state index contributed by atoms with van der Waals surface area (Å²) in [7, 11) is 0. The Morgan fingerprint density at radius 2 is 1.77 bits per heavy atom. The fourth-order valence-corrected chi connectivity index (χ4v) is 1.71. The largest absolute Gasteiger partial charge is 0.463 e. The van der Waals surface area contributed by atoms with Gasteiger partial charge in [0, 0.05) is 18.5 Å². The summed E-state index contributed by atoms with van der Waals surface area (Å²) in [5, 5.41) is 6.63. The molecule has 114 valence electrons. The van der Waals surface area contributed by atoms with E-state index in [0.29, 0.717) is 17.2 Å². The molecule has 1 aromatic carbocycles. The van der Waals surface area contributed by atoms with E-state index in [-0.39, 0.29) is 24.7 Å². The van der Waals surface area contributed by atoms with Crippen molar-refractivity contribution in [3.8, 4) is 0 Å². The molecule has 1 aromatic heterocycles. The summed E-state index contributed by atoms with van der Waals surface area (Å²) >= 11 is 0. The zero-order valence-electron chi connectivity index (χ0n) is 12.2. The number of para-hydroxylation sites is 1. The van der Waals surface area contributed by atoms with Crippen molar-refractivity contribution in [2.24, 2.45) is 5.10 Å². The first kappa shape index (κ1) is 15.5. The number of benzene rings is 1. The second-order valence-corrected chi connectivity index (χ2v) is 4.62. The van der Waals surface area contributed by atoms with Crippen LogP contribution in [0.25, 0.3) is 0 Å².